The molecule has 1 N–H and O–H groups in total. The molecule has 4 heteroatoms. The van der Waals surface area contributed by atoms with Crippen LogP contribution >= 0.6 is 0 Å². The summed E-state index contributed by atoms with van der Waals surface area (Å²) in [6.07, 6.45) is 1.94. The molecule has 0 amide bonds. The molecule has 3 unspecified atom stereocenters. The van der Waals surface area contributed by atoms with Crippen LogP contribution in [0.5, 0.6) is 0 Å². The summed E-state index contributed by atoms with van der Waals surface area (Å²) < 4.78 is 5.15. The topological polar surface area (TPSA) is 66.4 Å². The molecule has 15 heavy (non-hydrogen) atoms. The highest BCUT2D eigenvalue weighted by molar-refractivity contribution is 5.69. The van der Waals surface area contributed by atoms with Crippen LogP contribution in [0, 0.1) is 5.92 Å². The zero-order valence-electron chi connectivity index (χ0n) is 9.15. The molecule has 0 aromatic heterocycles. The maximum Gasteiger partial charge on any atom is 0.306 e. The van der Waals surface area contributed by atoms with Gasteiger partial charge in [-0.15, -0.1) is 0 Å². The van der Waals surface area contributed by atoms with Gasteiger partial charge in [0, 0.05) is 6.42 Å². The van der Waals surface area contributed by atoms with Crippen LogP contribution in [0.25, 0.3) is 0 Å². The van der Waals surface area contributed by atoms with Crippen molar-refractivity contribution in [3.05, 3.63) is 0 Å². The maximum absolute atomic E-state index is 11.2. The summed E-state index contributed by atoms with van der Waals surface area (Å²) in [4.78, 5) is 11.2. The van der Waals surface area contributed by atoms with Gasteiger partial charge in [0.15, 0.2) is 0 Å². The van der Waals surface area contributed by atoms with Crippen LogP contribution in [0.1, 0.15) is 39.0 Å². The van der Waals surface area contributed by atoms with Gasteiger partial charge in [0.2, 0.25) is 0 Å². The summed E-state index contributed by atoms with van der Waals surface area (Å²) in [5.74, 6) is -0.205. The molecular formula is C11H19O4. The van der Waals surface area contributed by atoms with Crippen molar-refractivity contribution in [3.8, 4) is 0 Å². The first-order valence-corrected chi connectivity index (χ1v) is 5.63. The largest absolute Gasteiger partial charge is 0.460 e. The number of aliphatic hydroxyl groups excluding tert-OH is 1. The zero-order chi connectivity index (χ0) is 11.3. The number of rotatable bonds is 4. The van der Waals surface area contributed by atoms with Crippen molar-refractivity contribution in [1.82, 2.24) is 0 Å². The van der Waals surface area contributed by atoms with E-state index in [1.54, 1.807) is 0 Å². The Bertz CT molecular complexity index is 205. The van der Waals surface area contributed by atoms with Gasteiger partial charge in [-0.25, -0.2) is 5.11 Å². The van der Waals surface area contributed by atoms with Crippen LogP contribution < -0.4 is 0 Å². The first kappa shape index (κ1) is 12.5. The van der Waals surface area contributed by atoms with Crippen LogP contribution in [-0.4, -0.2) is 29.9 Å². The van der Waals surface area contributed by atoms with Gasteiger partial charge in [-0.2, -0.15) is 0 Å². The molecule has 1 aliphatic carbocycles. The van der Waals surface area contributed by atoms with Crippen molar-refractivity contribution in [3.63, 3.8) is 0 Å². The van der Waals surface area contributed by atoms with Gasteiger partial charge in [0.25, 0.3) is 0 Å². The lowest BCUT2D eigenvalue weighted by atomic mass is 9.86. The van der Waals surface area contributed by atoms with Crippen molar-refractivity contribution in [1.29, 1.82) is 0 Å². The van der Waals surface area contributed by atoms with Crippen LogP contribution in [0.3, 0.4) is 0 Å². The lowest BCUT2D eigenvalue weighted by Crippen LogP contribution is -2.38. The Kier molecular flexibility index (Phi) is 5.05. The normalized spacial score (nSPS) is 31.3. The number of esters is 1. The summed E-state index contributed by atoms with van der Waals surface area (Å²) in [5.41, 5.74) is 0. The summed E-state index contributed by atoms with van der Waals surface area (Å²) in [7, 11) is 0. The second kappa shape index (κ2) is 6.08. The third kappa shape index (κ3) is 3.80. The van der Waals surface area contributed by atoms with E-state index in [1.165, 1.54) is 0 Å². The second-order valence-corrected chi connectivity index (χ2v) is 4.19. The molecule has 0 aliphatic heterocycles. The first-order chi connectivity index (χ1) is 7.17. The maximum atomic E-state index is 11.2. The van der Waals surface area contributed by atoms with Crippen molar-refractivity contribution < 1.29 is 19.7 Å². The quantitative estimate of drug-likeness (QED) is 0.718. The molecular weight excluding hydrogens is 196 g/mol. The molecule has 1 aliphatic rings. The number of ether oxygens (including phenoxy) is 1. The lowest BCUT2D eigenvalue weighted by Gasteiger charge is -2.31. The fourth-order valence-corrected chi connectivity index (χ4v) is 1.92. The van der Waals surface area contributed by atoms with Gasteiger partial charge in [0.05, 0.1) is 12.7 Å². The summed E-state index contributed by atoms with van der Waals surface area (Å²) >= 11 is 0. The third-order valence-electron chi connectivity index (χ3n) is 2.84. The highest BCUT2D eigenvalue weighted by Gasteiger charge is 2.31. The van der Waals surface area contributed by atoms with Crippen LogP contribution in [0.4, 0.5) is 0 Å². The predicted octanol–water partition coefficient (Wildman–Crippen LogP) is 1.29. The Labute approximate surface area is 90.2 Å². The molecule has 0 spiro atoms. The van der Waals surface area contributed by atoms with Crippen molar-refractivity contribution in [2.24, 2.45) is 5.92 Å². The zero-order valence-corrected chi connectivity index (χ0v) is 9.15. The first-order valence-electron chi connectivity index (χ1n) is 5.63. The summed E-state index contributed by atoms with van der Waals surface area (Å²) in [6, 6.07) is 0. The molecule has 0 bridgehead atoms. The van der Waals surface area contributed by atoms with Crippen LogP contribution in [0.2, 0.25) is 0 Å². The van der Waals surface area contributed by atoms with Crippen molar-refractivity contribution in [2.75, 3.05) is 6.61 Å². The van der Waals surface area contributed by atoms with Crippen LogP contribution in [-0.2, 0) is 14.6 Å². The Morgan fingerprint density at radius 3 is 2.73 bits per heavy atom. The molecule has 0 heterocycles. The molecule has 1 radical (unpaired) electrons. The minimum Gasteiger partial charge on any atom is -0.460 e. The number of hydrogen-bond acceptors (Lipinski definition) is 3. The fraction of sp³-hybridized carbons (Fsp3) is 0.909. The average Bonchev–Trinajstić information content (AvgIpc) is 2.21. The summed E-state index contributed by atoms with van der Waals surface area (Å²) in [6.45, 7) is 1.76. The van der Waals surface area contributed by atoms with Gasteiger partial charge >= 0.3 is 5.97 Å². The SMILES string of the molecule is CCCC(=O)OC1CCC(C[O])CC1O. The number of carbonyl (C=O) groups excluding carboxylic acids is 1. The fourth-order valence-electron chi connectivity index (χ4n) is 1.92. The number of carbonyl (C=O) groups is 1. The van der Waals surface area contributed by atoms with E-state index in [9.17, 15) is 15.0 Å². The smallest absolute Gasteiger partial charge is 0.306 e. The molecule has 0 saturated heterocycles. The van der Waals surface area contributed by atoms with E-state index >= 15 is 0 Å². The number of hydrogen-bond donors (Lipinski definition) is 1. The Morgan fingerprint density at radius 1 is 1.47 bits per heavy atom. The molecule has 4 nitrogen and oxygen atoms in total. The Morgan fingerprint density at radius 2 is 2.20 bits per heavy atom. The average molecular weight is 215 g/mol. The Balaban J connectivity index is 2.34. The molecule has 3 atom stereocenters. The van der Waals surface area contributed by atoms with E-state index in [-0.39, 0.29) is 18.5 Å². The van der Waals surface area contributed by atoms with Gasteiger partial charge in [0.1, 0.15) is 6.10 Å². The number of aliphatic hydroxyl groups is 1. The monoisotopic (exact) mass is 215 g/mol. The summed E-state index contributed by atoms with van der Waals surface area (Å²) in [5, 5.41) is 20.3. The van der Waals surface area contributed by atoms with E-state index in [4.69, 9.17) is 4.74 Å². The second-order valence-electron chi connectivity index (χ2n) is 4.19. The van der Waals surface area contributed by atoms with E-state index in [0.717, 1.165) is 12.8 Å². The highest BCUT2D eigenvalue weighted by Crippen LogP contribution is 2.26. The molecule has 0 aromatic rings. The molecule has 1 fully saturated rings. The molecule has 1 rings (SSSR count). The van der Waals surface area contributed by atoms with Crippen LogP contribution in [0.15, 0.2) is 0 Å². The van der Waals surface area contributed by atoms with E-state index in [0.29, 0.717) is 19.3 Å². The highest BCUT2D eigenvalue weighted by atomic mass is 16.6. The predicted molar refractivity (Wildman–Crippen MR) is 53.7 cm³/mol. The van der Waals surface area contributed by atoms with Crippen molar-refractivity contribution in [2.45, 2.75) is 51.2 Å². The van der Waals surface area contributed by atoms with Gasteiger partial charge in [-0.05, 0) is 31.6 Å². The van der Waals surface area contributed by atoms with Gasteiger partial charge < -0.3 is 9.84 Å². The minimum atomic E-state index is -0.654. The molecule has 0 aromatic carbocycles. The molecule has 87 valence electrons. The lowest BCUT2D eigenvalue weighted by molar-refractivity contribution is -0.159. The van der Waals surface area contributed by atoms with E-state index in [1.807, 2.05) is 6.92 Å². The van der Waals surface area contributed by atoms with Crippen molar-refractivity contribution >= 4 is 5.97 Å². The van der Waals surface area contributed by atoms with Gasteiger partial charge in [-0.1, -0.05) is 6.92 Å². The Hall–Kier alpha value is -0.610. The van der Waals surface area contributed by atoms with E-state index < -0.39 is 12.2 Å². The minimum absolute atomic E-state index is 0.0427. The van der Waals surface area contributed by atoms with Gasteiger partial charge in [-0.3, -0.25) is 4.79 Å². The van der Waals surface area contributed by atoms with E-state index in [2.05, 4.69) is 0 Å². The standard InChI is InChI=1S/C11H19O4/c1-2-3-11(14)15-10-5-4-8(7-12)6-9(10)13/h8-10,13H,2-7H2,1H3. The third-order valence-corrected chi connectivity index (χ3v) is 2.84. The molecule has 1 saturated carbocycles.